The fourth-order valence-electron chi connectivity index (χ4n) is 2.26. The first-order valence-corrected chi connectivity index (χ1v) is 9.19. The minimum atomic E-state index is 0. The number of aromatic nitrogens is 1. The number of hydrogen-bond donors (Lipinski definition) is 2. The first-order valence-electron chi connectivity index (χ1n) is 8.37. The number of nitrogens with one attached hydrogen (secondary N) is 2. The first-order chi connectivity index (χ1) is 12.2. The molecule has 0 saturated heterocycles. The largest absolute Gasteiger partial charge is 0.493 e. The summed E-state index contributed by atoms with van der Waals surface area (Å²) in [4.78, 5) is 9.95. The van der Waals surface area contributed by atoms with E-state index < -0.39 is 0 Å². The van der Waals surface area contributed by atoms with Gasteiger partial charge in [0.05, 0.1) is 20.3 Å². The number of nitrogens with zero attached hydrogens (tertiary/aromatic N) is 2. The minimum absolute atomic E-state index is 0. The average molecular weight is 490 g/mol. The molecule has 0 spiro atoms. The molecule has 8 heteroatoms. The van der Waals surface area contributed by atoms with Crippen molar-refractivity contribution in [1.29, 1.82) is 0 Å². The van der Waals surface area contributed by atoms with E-state index in [2.05, 4.69) is 27.5 Å². The average Bonchev–Trinajstić information content (AvgIpc) is 3.10. The summed E-state index contributed by atoms with van der Waals surface area (Å²) in [7, 11) is 3.40. The summed E-state index contributed by atoms with van der Waals surface area (Å²) in [6.45, 7) is 6.00. The predicted molar refractivity (Wildman–Crippen MR) is 118 cm³/mol. The van der Waals surface area contributed by atoms with Gasteiger partial charge in [-0.1, -0.05) is 13.0 Å². The van der Waals surface area contributed by atoms with Crippen molar-refractivity contribution in [3.8, 4) is 11.5 Å². The molecule has 2 rings (SSSR count). The van der Waals surface area contributed by atoms with Gasteiger partial charge in [0.25, 0.3) is 0 Å². The van der Waals surface area contributed by atoms with Crippen LogP contribution >= 0.6 is 35.3 Å². The van der Waals surface area contributed by atoms with Crippen molar-refractivity contribution in [3.05, 3.63) is 39.8 Å². The van der Waals surface area contributed by atoms with E-state index in [4.69, 9.17) is 9.47 Å². The number of halogens is 1. The molecule has 2 N–H and O–H groups in total. The fourth-order valence-corrected chi connectivity index (χ4v) is 3.06. The molecule has 0 unspecified atom stereocenters. The molecular weight excluding hydrogens is 463 g/mol. The zero-order chi connectivity index (χ0) is 18.1. The Morgan fingerprint density at radius 1 is 1.19 bits per heavy atom. The van der Waals surface area contributed by atoms with Gasteiger partial charge in [-0.05, 0) is 31.0 Å². The van der Waals surface area contributed by atoms with Crippen molar-refractivity contribution in [1.82, 2.24) is 15.6 Å². The van der Waals surface area contributed by atoms with Crippen LogP contribution in [0.5, 0.6) is 11.5 Å². The van der Waals surface area contributed by atoms with Crippen LogP contribution in [0.2, 0.25) is 0 Å². The summed E-state index contributed by atoms with van der Waals surface area (Å²) in [6.07, 6.45) is 2.95. The highest BCUT2D eigenvalue weighted by molar-refractivity contribution is 14.0. The van der Waals surface area contributed by atoms with Crippen LogP contribution in [0, 0.1) is 0 Å². The quantitative estimate of drug-likeness (QED) is 0.336. The van der Waals surface area contributed by atoms with Gasteiger partial charge >= 0.3 is 0 Å². The number of guanidine groups is 1. The molecule has 1 aromatic heterocycles. The minimum Gasteiger partial charge on any atom is -0.493 e. The number of aliphatic imine (C=N–C) groups is 1. The van der Waals surface area contributed by atoms with Crippen LogP contribution < -0.4 is 20.1 Å². The number of thiazole rings is 1. The Balaban J connectivity index is 0.00000338. The molecule has 26 heavy (non-hydrogen) atoms. The molecule has 0 aliphatic rings. The van der Waals surface area contributed by atoms with Gasteiger partial charge < -0.3 is 20.1 Å². The molecule has 2 aromatic rings. The normalized spacial score (nSPS) is 10.8. The highest BCUT2D eigenvalue weighted by atomic mass is 127. The summed E-state index contributed by atoms with van der Waals surface area (Å²) >= 11 is 1.72. The van der Waals surface area contributed by atoms with Crippen LogP contribution in [0.3, 0.4) is 0 Å². The molecule has 0 amide bonds. The maximum Gasteiger partial charge on any atom is 0.191 e. The van der Waals surface area contributed by atoms with Crippen molar-refractivity contribution in [2.45, 2.75) is 33.4 Å². The second-order valence-corrected chi connectivity index (χ2v) is 6.47. The topological polar surface area (TPSA) is 67.8 Å². The second-order valence-electron chi connectivity index (χ2n) is 5.27. The molecule has 0 aliphatic carbocycles. The Hall–Kier alpha value is -1.55. The van der Waals surface area contributed by atoms with E-state index in [0.29, 0.717) is 19.7 Å². The summed E-state index contributed by atoms with van der Waals surface area (Å²) in [5.74, 6) is 2.23. The van der Waals surface area contributed by atoms with Crippen molar-refractivity contribution in [2.75, 3.05) is 20.8 Å². The third-order valence-corrected chi connectivity index (χ3v) is 4.71. The molecule has 1 heterocycles. The van der Waals surface area contributed by atoms with E-state index in [9.17, 15) is 0 Å². The molecule has 0 atom stereocenters. The van der Waals surface area contributed by atoms with Crippen LogP contribution in [0.1, 0.15) is 29.3 Å². The SMILES string of the molecule is CCOc1cc(CNC(=NC)NCc2ncc(CC)s2)ccc1OC.I. The third kappa shape index (κ3) is 6.64. The van der Waals surface area contributed by atoms with Crippen LogP contribution in [0.4, 0.5) is 0 Å². The van der Waals surface area contributed by atoms with E-state index in [1.54, 1.807) is 25.5 Å². The summed E-state index contributed by atoms with van der Waals surface area (Å²) < 4.78 is 10.9. The molecule has 0 bridgehead atoms. The number of benzene rings is 1. The van der Waals surface area contributed by atoms with Crippen molar-refractivity contribution >= 4 is 41.3 Å². The maximum absolute atomic E-state index is 5.61. The smallest absolute Gasteiger partial charge is 0.191 e. The van der Waals surface area contributed by atoms with Crippen LogP contribution in [-0.4, -0.2) is 31.7 Å². The molecule has 0 radical (unpaired) electrons. The van der Waals surface area contributed by atoms with E-state index >= 15 is 0 Å². The lowest BCUT2D eigenvalue weighted by molar-refractivity contribution is 0.310. The van der Waals surface area contributed by atoms with Crippen LogP contribution in [-0.2, 0) is 19.5 Å². The molecule has 6 nitrogen and oxygen atoms in total. The summed E-state index contributed by atoms with van der Waals surface area (Å²) in [5, 5.41) is 7.65. The number of methoxy groups -OCH3 is 1. The van der Waals surface area contributed by atoms with E-state index in [0.717, 1.165) is 34.5 Å². The molecule has 1 aromatic carbocycles. The van der Waals surface area contributed by atoms with Gasteiger partial charge in [0.15, 0.2) is 17.5 Å². The van der Waals surface area contributed by atoms with Gasteiger partial charge in [-0.25, -0.2) is 4.98 Å². The lowest BCUT2D eigenvalue weighted by atomic mass is 10.2. The molecule has 0 fully saturated rings. The Morgan fingerprint density at radius 3 is 2.58 bits per heavy atom. The second kappa shape index (κ2) is 11.9. The molecule has 144 valence electrons. The summed E-state index contributed by atoms with van der Waals surface area (Å²) in [5.41, 5.74) is 1.09. The van der Waals surface area contributed by atoms with Gasteiger partial charge in [-0.3, -0.25) is 4.99 Å². The lowest BCUT2D eigenvalue weighted by Gasteiger charge is -2.13. The van der Waals surface area contributed by atoms with Crippen LogP contribution in [0.15, 0.2) is 29.4 Å². The third-order valence-electron chi connectivity index (χ3n) is 3.57. The van der Waals surface area contributed by atoms with Crippen molar-refractivity contribution in [2.24, 2.45) is 4.99 Å². The van der Waals surface area contributed by atoms with Gasteiger partial charge in [-0.15, -0.1) is 35.3 Å². The van der Waals surface area contributed by atoms with Gasteiger partial charge in [0, 0.05) is 24.7 Å². The number of rotatable bonds is 8. The molecule has 0 saturated carbocycles. The number of hydrogen-bond acceptors (Lipinski definition) is 5. The van der Waals surface area contributed by atoms with Crippen LogP contribution in [0.25, 0.3) is 0 Å². The fraction of sp³-hybridized carbons (Fsp3) is 0.444. The van der Waals surface area contributed by atoms with Crippen molar-refractivity contribution < 1.29 is 9.47 Å². The first kappa shape index (κ1) is 22.5. The van der Waals surface area contributed by atoms with E-state index in [-0.39, 0.29) is 24.0 Å². The number of ether oxygens (including phenoxy) is 2. The monoisotopic (exact) mass is 490 g/mol. The Morgan fingerprint density at radius 2 is 1.96 bits per heavy atom. The van der Waals surface area contributed by atoms with E-state index in [1.165, 1.54) is 4.88 Å². The Bertz CT molecular complexity index is 706. The van der Waals surface area contributed by atoms with Gasteiger partial charge in [0.2, 0.25) is 0 Å². The Kier molecular flexibility index (Phi) is 10.3. The zero-order valence-electron chi connectivity index (χ0n) is 15.7. The molecule has 0 aliphatic heterocycles. The Labute approximate surface area is 176 Å². The zero-order valence-corrected chi connectivity index (χ0v) is 18.8. The standard InChI is InChI=1S/C18H26N4O2S.HI/c1-5-14-11-20-17(25-14)12-22-18(19-3)21-10-13-7-8-15(23-4)16(9-13)24-6-2;/h7-9,11H,5-6,10,12H2,1-4H3,(H2,19,21,22);1H. The molecular formula is C18H27IN4O2S. The van der Waals surface area contributed by atoms with Gasteiger partial charge in [-0.2, -0.15) is 0 Å². The van der Waals surface area contributed by atoms with Gasteiger partial charge in [0.1, 0.15) is 5.01 Å². The van der Waals surface area contributed by atoms with Crippen molar-refractivity contribution in [3.63, 3.8) is 0 Å². The maximum atomic E-state index is 5.61. The van der Waals surface area contributed by atoms with E-state index in [1.807, 2.05) is 31.3 Å². The summed E-state index contributed by atoms with van der Waals surface area (Å²) in [6, 6.07) is 5.91. The lowest BCUT2D eigenvalue weighted by Crippen LogP contribution is -2.36. The highest BCUT2D eigenvalue weighted by Gasteiger charge is 2.07. The predicted octanol–water partition coefficient (Wildman–Crippen LogP) is 3.60. The highest BCUT2D eigenvalue weighted by Crippen LogP contribution is 2.27. The number of aryl methyl sites for hydroxylation is 1.